The van der Waals surface area contributed by atoms with E-state index < -0.39 is 49.4 Å². The van der Waals surface area contributed by atoms with E-state index in [0.717, 1.165) is 0 Å². The van der Waals surface area contributed by atoms with Crippen molar-refractivity contribution in [3.63, 3.8) is 0 Å². The van der Waals surface area contributed by atoms with Crippen LogP contribution in [0.2, 0.25) is 0 Å². The Hall–Kier alpha value is -1.67. The molecule has 28 heavy (non-hydrogen) atoms. The Labute approximate surface area is 141 Å². The van der Waals surface area contributed by atoms with Gasteiger partial charge in [0.15, 0.2) is 0 Å². The minimum Gasteiger partial charge on any atom is -0.479 e. The van der Waals surface area contributed by atoms with Crippen LogP contribution in [0.3, 0.4) is 0 Å². The zero-order chi connectivity index (χ0) is 23.0. The summed E-state index contributed by atoms with van der Waals surface area (Å²) in [5, 5.41) is 7.80. The van der Waals surface area contributed by atoms with Gasteiger partial charge < -0.3 is 5.11 Å². The predicted molar refractivity (Wildman–Crippen MR) is 47.7 cm³/mol. The molecule has 6 nitrogen and oxygen atoms in total. The third-order valence-electron chi connectivity index (χ3n) is 1.83. The summed E-state index contributed by atoms with van der Waals surface area (Å²) in [6.45, 7) is 0. The van der Waals surface area contributed by atoms with Gasteiger partial charge in [0.25, 0.3) is 6.17 Å². The van der Waals surface area contributed by atoms with Gasteiger partial charge in [-0.2, -0.15) is 31.1 Å². The van der Waals surface area contributed by atoms with E-state index in [-0.39, 0.29) is 0 Å². The standard InChI is InChI=1S/C8H2F14O6/c9-1(2(23)24)3(10,11)25-4(12,13)5(14,15)26-7(19,20)28-8(21,22)27-6(16,17)18/h1H,(H,23,24). The summed E-state index contributed by atoms with van der Waals surface area (Å²) < 4.78 is 180. The molecule has 20 heteroatoms. The van der Waals surface area contributed by atoms with Crippen LogP contribution in [0.4, 0.5) is 61.5 Å². The van der Waals surface area contributed by atoms with Gasteiger partial charge in [-0.25, -0.2) is 23.4 Å². The minimum atomic E-state index is -7.13. The molecule has 0 heterocycles. The second kappa shape index (κ2) is 7.63. The summed E-state index contributed by atoms with van der Waals surface area (Å²) in [4.78, 5) is 9.85. The van der Waals surface area contributed by atoms with Gasteiger partial charge >= 0.3 is 43.2 Å². The molecule has 0 bridgehead atoms. The van der Waals surface area contributed by atoms with E-state index in [0.29, 0.717) is 0 Å². The maximum absolute atomic E-state index is 12.8. The van der Waals surface area contributed by atoms with Gasteiger partial charge in [0.05, 0.1) is 0 Å². The number of aliphatic carboxylic acids is 1. The highest BCUT2D eigenvalue weighted by atomic mass is 19.4. The molecule has 0 amide bonds. The molecule has 0 aliphatic heterocycles. The average Bonchev–Trinajstić information content (AvgIpc) is 2.29. The topological polar surface area (TPSA) is 74.2 Å². The molecule has 0 aromatic heterocycles. The first-order valence-corrected chi connectivity index (χ1v) is 5.56. The quantitative estimate of drug-likeness (QED) is 0.394. The summed E-state index contributed by atoms with van der Waals surface area (Å²) in [5.41, 5.74) is 0. The fourth-order valence-corrected chi connectivity index (χ4v) is 0.949. The van der Waals surface area contributed by atoms with Crippen LogP contribution in [0.5, 0.6) is 0 Å². The highest BCUT2D eigenvalue weighted by Crippen LogP contribution is 2.45. The molecule has 1 N–H and O–H groups in total. The summed E-state index contributed by atoms with van der Waals surface area (Å²) in [6, 6.07) is 0. The molecule has 1 unspecified atom stereocenters. The van der Waals surface area contributed by atoms with Gasteiger partial charge in [-0.3, -0.25) is 0 Å². The van der Waals surface area contributed by atoms with Crippen molar-refractivity contribution in [3.8, 4) is 0 Å². The zero-order valence-corrected chi connectivity index (χ0v) is 11.9. The minimum absolute atomic E-state index is 1.59. The van der Waals surface area contributed by atoms with Crippen LogP contribution in [-0.2, 0) is 23.7 Å². The first kappa shape index (κ1) is 26.3. The third-order valence-corrected chi connectivity index (χ3v) is 1.83. The lowest BCUT2D eigenvalue weighted by molar-refractivity contribution is -0.604. The van der Waals surface area contributed by atoms with E-state index in [1.807, 2.05) is 0 Å². The Morgan fingerprint density at radius 2 is 1.00 bits per heavy atom. The van der Waals surface area contributed by atoms with Gasteiger partial charge in [-0.05, 0) is 0 Å². The van der Waals surface area contributed by atoms with E-state index in [9.17, 15) is 66.3 Å². The molecular formula is C8H2F14O6. The molecule has 0 aromatic carbocycles. The van der Waals surface area contributed by atoms with Crippen molar-refractivity contribution in [2.45, 2.75) is 43.4 Å². The van der Waals surface area contributed by atoms with Crippen LogP contribution >= 0.6 is 0 Å². The van der Waals surface area contributed by atoms with E-state index in [1.165, 1.54) is 0 Å². The molecule has 0 aliphatic rings. The molecule has 0 aromatic rings. The second-order valence-corrected chi connectivity index (χ2v) is 4.08. The Balaban J connectivity index is 5.44. The van der Waals surface area contributed by atoms with Crippen LogP contribution in [0.25, 0.3) is 0 Å². The van der Waals surface area contributed by atoms with Gasteiger partial charge in [0.2, 0.25) is 0 Å². The van der Waals surface area contributed by atoms with E-state index in [4.69, 9.17) is 5.11 Å². The van der Waals surface area contributed by atoms with Crippen molar-refractivity contribution in [2.75, 3.05) is 0 Å². The van der Waals surface area contributed by atoms with E-state index in [2.05, 4.69) is 0 Å². The van der Waals surface area contributed by atoms with Gasteiger partial charge in [0.1, 0.15) is 0 Å². The number of hydrogen-bond acceptors (Lipinski definition) is 5. The molecule has 0 spiro atoms. The summed E-state index contributed by atoms with van der Waals surface area (Å²) in [6.07, 6.45) is -45.0. The van der Waals surface area contributed by atoms with Crippen molar-refractivity contribution in [2.24, 2.45) is 0 Å². The summed E-state index contributed by atoms with van der Waals surface area (Å²) in [7, 11) is 0. The van der Waals surface area contributed by atoms with Gasteiger partial charge in [0, 0.05) is 0 Å². The van der Waals surface area contributed by atoms with Crippen molar-refractivity contribution in [1.82, 2.24) is 0 Å². The average molecular weight is 460 g/mol. The highest BCUT2D eigenvalue weighted by Gasteiger charge is 2.70. The molecule has 0 fully saturated rings. The maximum atomic E-state index is 12.8. The smallest absolute Gasteiger partial charge is 0.479 e. The fourth-order valence-electron chi connectivity index (χ4n) is 0.949. The zero-order valence-electron chi connectivity index (χ0n) is 11.9. The molecule has 168 valence electrons. The lowest BCUT2D eigenvalue weighted by atomic mass is 10.3. The molecular weight excluding hydrogens is 458 g/mol. The highest BCUT2D eigenvalue weighted by molar-refractivity contribution is 5.73. The van der Waals surface area contributed by atoms with Crippen LogP contribution in [0.1, 0.15) is 0 Å². The normalized spacial score (nSPS) is 16.2. The van der Waals surface area contributed by atoms with E-state index in [1.54, 1.807) is 18.9 Å². The summed E-state index contributed by atoms with van der Waals surface area (Å²) in [5.74, 6) is -3.25. The molecule has 1 atom stereocenters. The number of carboxylic acid groups (broad SMARTS) is 1. The Bertz CT molecular complexity index is 559. The Kier molecular flexibility index (Phi) is 7.17. The monoisotopic (exact) mass is 460 g/mol. The Morgan fingerprint density at radius 3 is 1.36 bits per heavy atom. The van der Waals surface area contributed by atoms with Crippen LogP contribution < -0.4 is 0 Å². The number of carboxylic acids is 1. The number of rotatable bonds is 10. The van der Waals surface area contributed by atoms with Crippen LogP contribution in [-0.4, -0.2) is 54.5 Å². The van der Waals surface area contributed by atoms with Crippen LogP contribution in [0.15, 0.2) is 0 Å². The number of alkyl halides is 14. The maximum Gasteiger partial charge on any atom is 0.529 e. The molecule has 0 radical (unpaired) electrons. The number of hydrogen-bond donors (Lipinski definition) is 1. The molecule has 0 rings (SSSR count). The molecule has 0 saturated heterocycles. The first-order chi connectivity index (χ1) is 11.9. The largest absolute Gasteiger partial charge is 0.529 e. The number of carbonyl (C=O) groups is 1. The summed E-state index contributed by atoms with van der Waals surface area (Å²) >= 11 is 0. The Morgan fingerprint density at radius 1 is 0.643 bits per heavy atom. The van der Waals surface area contributed by atoms with Crippen molar-refractivity contribution in [1.29, 1.82) is 0 Å². The number of halogens is 14. The number of ether oxygens (including phenoxy) is 4. The van der Waals surface area contributed by atoms with Crippen molar-refractivity contribution in [3.05, 3.63) is 0 Å². The van der Waals surface area contributed by atoms with E-state index >= 15 is 0 Å². The third kappa shape index (κ3) is 7.75. The van der Waals surface area contributed by atoms with Gasteiger partial charge in [-0.1, -0.05) is 0 Å². The second-order valence-electron chi connectivity index (χ2n) is 4.08. The first-order valence-electron chi connectivity index (χ1n) is 5.56. The molecule has 0 aliphatic carbocycles. The van der Waals surface area contributed by atoms with Crippen molar-refractivity contribution < 1.29 is 90.3 Å². The van der Waals surface area contributed by atoms with Crippen LogP contribution in [0, 0.1) is 0 Å². The van der Waals surface area contributed by atoms with Crippen molar-refractivity contribution >= 4 is 5.97 Å². The van der Waals surface area contributed by atoms with Gasteiger partial charge in [-0.15, -0.1) is 30.7 Å². The fraction of sp³-hybridized carbons (Fsp3) is 0.875. The predicted octanol–water partition coefficient (Wildman–Crippen LogP) is 3.87. The molecule has 0 saturated carbocycles. The lowest BCUT2D eigenvalue weighted by Gasteiger charge is -2.31. The lowest BCUT2D eigenvalue weighted by Crippen LogP contribution is -2.55. The SMILES string of the molecule is O=C(O)C(F)C(F)(F)OC(F)(F)C(F)(F)OC(F)(F)OC(F)(F)OC(F)(F)F.